The lowest BCUT2D eigenvalue weighted by molar-refractivity contribution is -0.121. The standard InChI is InChI=1S/C24H25NO4S2/c1-4-7-17-10-11-20(21(15-17)27-3)29-13-12-28-19-9-6-8-18(14-19)16-22-23(26)25(5-2)24(30)31-22/h4,6,8-11,14-16H,1,5,7,12-13H2,2-3H3/b22-16-. The summed E-state index contributed by atoms with van der Waals surface area (Å²) in [5.74, 6) is 2.01. The molecule has 1 fully saturated rings. The molecule has 1 saturated heterocycles. The summed E-state index contributed by atoms with van der Waals surface area (Å²) < 4.78 is 17.6. The fourth-order valence-corrected chi connectivity index (χ4v) is 4.44. The Morgan fingerprint density at radius 1 is 1.13 bits per heavy atom. The third-order valence-corrected chi connectivity index (χ3v) is 5.94. The second kappa shape index (κ2) is 11.0. The molecule has 1 aliphatic rings. The summed E-state index contributed by atoms with van der Waals surface area (Å²) in [7, 11) is 1.62. The highest BCUT2D eigenvalue weighted by atomic mass is 32.2. The van der Waals surface area contributed by atoms with E-state index in [4.69, 9.17) is 26.4 Å². The molecule has 1 heterocycles. The van der Waals surface area contributed by atoms with E-state index in [0.717, 1.165) is 17.5 Å². The number of amides is 1. The van der Waals surface area contributed by atoms with E-state index in [1.54, 1.807) is 12.0 Å². The lowest BCUT2D eigenvalue weighted by Crippen LogP contribution is -2.27. The maximum absolute atomic E-state index is 12.4. The molecule has 0 aliphatic carbocycles. The van der Waals surface area contributed by atoms with Crippen LogP contribution in [-0.4, -0.2) is 42.0 Å². The van der Waals surface area contributed by atoms with Gasteiger partial charge in [0, 0.05) is 6.54 Å². The zero-order valence-electron chi connectivity index (χ0n) is 17.6. The van der Waals surface area contributed by atoms with Crippen LogP contribution in [0.1, 0.15) is 18.1 Å². The van der Waals surface area contributed by atoms with Gasteiger partial charge in [0.15, 0.2) is 11.5 Å². The molecule has 0 radical (unpaired) electrons. The van der Waals surface area contributed by atoms with Gasteiger partial charge in [0.25, 0.3) is 5.91 Å². The largest absolute Gasteiger partial charge is 0.493 e. The summed E-state index contributed by atoms with van der Waals surface area (Å²) in [4.78, 5) is 14.6. The van der Waals surface area contributed by atoms with Gasteiger partial charge in [0.1, 0.15) is 23.3 Å². The first kappa shape index (κ1) is 22.9. The lowest BCUT2D eigenvalue weighted by Gasteiger charge is -2.12. The number of methoxy groups -OCH3 is 1. The summed E-state index contributed by atoms with van der Waals surface area (Å²) in [5, 5.41) is 0. The van der Waals surface area contributed by atoms with Crippen molar-refractivity contribution in [3.8, 4) is 17.2 Å². The fraction of sp³-hybridized carbons (Fsp3) is 0.250. The number of rotatable bonds is 10. The Balaban J connectivity index is 1.57. The summed E-state index contributed by atoms with van der Waals surface area (Å²) in [6.45, 7) is 6.99. The van der Waals surface area contributed by atoms with Gasteiger partial charge in [0.05, 0.1) is 12.0 Å². The molecular formula is C24H25NO4S2. The van der Waals surface area contributed by atoms with Crippen LogP contribution in [0.5, 0.6) is 17.2 Å². The predicted molar refractivity (Wildman–Crippen MR) is 130 cm³/mol. The van der Waals surface area contributed by atoms with Crippen molar-refractivity contribution in [2.75, 3.05) is 26.9 Å². The van der Waals surface area contributed by atoms with E-state index in [0.29, 0.717) is 46.2 Å². The fourth-order valence-electron chi connectivity index (χ4n) is 3.05. The molecule has 0 aromatic heterocycles. The third-order valence-electron chi connectivity index (χ3n) is 4.56. The Kier molecular flexibility index (Phi) is 8.14. The highest BCUT2D eigenvalue weighted by Crippen LogP contribution is 2.32. The van der Waals surface area contributed by atoms with Crippen molar-refractivity contribution in [3.05, 3.63) is 71.2 Å². The van der Waals surface area contributed by atoms with Crippen LogP contribution in [0.2, 0.25) is 0 Å². The van der Waals surface area contributed by atoms with Gasteiger partial charge in [-0.2, -0.15) is 0 Å². The normalized spacial score (nSPS) is 14.8. The van der Waals surface area contributed by atoms with E-state index >= 15 is 0 Å². The smallest absolute Gasteiger partial charge is 0.266 e. The Morgan fingerprint density at radius 3 is 2.65 bits per heavy atom. The first-order chi connectivity index (χ1) is 15.0. The minimum absolute atomic E-state index is 0.0507. The molecule has 0 unspecified atom stereocenters. The highest BCUT2D eigenvalue weighted by Gasteiger charge is 2.30. The van der Waals surface area contributed by atoms with Crippen LogP contribution in [0.4, 0.5) is 0 Å². The Bertz CT molecular complexity index is 1000. The van der Waals surface area contributed by atoms with Crippen LogP contribution in [0.15, 0.2) is 60.0 Å². The Labute approximate surface area is 192 Å². The van der Waals surface area contributed by atoms with E-state index in [1.165, 1.54) is 11.8 Å². The number of allylic oxidation sites excluding steroid dienone is 1. The summed E-state index contributed by atoms with van der Waals surface area (Å²) in [6.07, 6.45) is 4.47. The quantitative estimate of drug-likeness (QED) is 0.215. The van der Waals surface area contributed by atoms with Crippen LogP contribution in [0, 0.1) is 0 Å². The van der Waals surface area contributed by atoms with E-state index in [-0.39, 0.29) is 5.91 Å². The van der Waals surface area contributed by atoms with Gasteiger partial charge >= 0.3 is 0 Å². The number of thiocarbonyl (C=S) groups is 1. The number of benzene rings is 2. The number of ether oxygens (including phenoxy) is 3. The van der Waals surface area contributed by atoms with Crippen LogP contribution >= 0.6 is 24.0 Å². The maximum Gasteiger partial charge on any atom is 0.266 e. The molecule has 0 bridgehead atoms. The van der Waals surface area contributed by atoms with Gasteiger partial charge in [-0.25, -0.2) is 0 Å². The minimum Gasteiger partial charge on any atom is -0.493 e. The Morgan fingerprint density at radius 2 is 1.94 bits per heavy atom. The number of carbonyl (C=O) groups is 1. The molecule has 0 atom stereocenters. The van der Waals surface area contributed by atoms with Crippen molar-refractivity contribution in [3.63, 3.8) is 0 Å². The lowest BCUT2D eigenvalue weighted by atomic mass is 10.1. The van der Waals surface area contributed by atoms with Gasteiger partial charge in [-0.05, 0) is 54.8 Å². The molecule has 31 heavy (non-hydrogen) atoms. The zero-order chi connectivity index (χ0) is 22.2. The molecule has 5 nitrogen and oxygen atoms in total. The number of hydrogen-bond donors (Lipinski definition) is 0. The summed E-state index contributed by atoms with van der Waals surface area (Å²) in [5.41, 5.74) is 2.00. The molecule has 2 aromatic carbocycles. The van der Waals surface area contributed by atoms with Crippen molar-refractivity contribution < 1.29 is 19.0 Å². The topological polar surface area (TPSA) is 48.0 Å². The van der Waals surface area contributed by atoms with Crippen molar-refractivity contribution in [2.45, 2.75) is 13.3 Å². The molecule has 7 heteroatoms. The maximum atomic E-state index is 12.4. The molecule has 0 saturated carbocycles. The molecule has 3 rings (SSSR count). The number of nitrogens with zero attached hydrogens (tertiary/aromatic N) is 1. The van der Waals surface area contributed by atoms with Gasteiger partial charge in [-0.15, -0.1) is 6.58 Å². The van der Waals surface area contributed by atoms with Gasteiger partial charge in [-0.1, -0.05) is 48.3 Å². The van der Waals surface area contributed by atoms with Crippen molar-refractivity contribution in [2.24, 2.45) is 0 Å². The SMILES string of the molecule is C=CCc1ccc(OCCOc2cccc(/C=C3\SC(=S)N(CC)C3=O)c2)c(OC)c1. The second-order valence-electron chi connectivity index (χ2n) is 6.67. The van der Waals surface area contributed by atoms with Gasteiger partial charge < -0.3 is 14.2 Å². The number of likely N-dealkylation sites (N-methyl/N-ethyl adjacent to an activating group) is 1. The molecule has 0 spiro atoms. The van der Waals surface area contributed by atoms with E-state index in [9.17, 15) is 4.79 Å². The number of hydrogen-bond acceptors (Lipinski definition) is 6. The summed E-state index contributed by atoms with van der Waals surface area (Å²) in [6, 6.07) is 13.4. The van der Waals surface area contributed by atoms with E-state index in [1.807, 2.05) is 61.5 Å². The van der Waals surface area contributed by atoms with Crippen LogP contribution < -0.4 is 14.2 Å². The third kappa shape index (κ3) is 5.89. The molecule has 1 amide bonds. The minimum atomic E-state index is -0.0507. The van der Waals surface area contributed by atoms with E-state index in [2.05, 4.69) is 6.58 Å². The predicted octanol–water partition coefficient (Wildman–Crippen LogP) is 5.10. The van der Waals surface area contributed by atoms with Gasteiger partial charge in [-0.3, -0.25) is 9.69 Å². The molecular weight excluding hydrogens is 430 g/mol. The average Bonchev–Trinajstić information content (AvgIpc) is 3.04. The first-order valence-electron chi connectivity index (χ1n) is 9.94. The van der Waals surface area contributed by atoms with Gasteiger partial charge in [0.2, 0.25) is 0 Å². The summed E-state index contributed by atoms with van der Waals surface area (Å²) >= 11 is 6.58. The highest BCUT2D eigenvalue weighted by molar-refractivity contribution is 8.26. The Hall–Kier alpha value is -2.77. The molecule has 1 aliphatic heterocycles. The molecule has 162 valence electrons. The van der Waals surface area contributed by atoms with Crippen LogP contribution in [0.25, 0.3) is 6.08 Å². The second-order valence-corrected chi connectivity index (χ2v) is 8.35. The zero-order valence-corrected chi connectivity index (χ0v) is 19.3. The van der Waals surface area contributed by atoms with Crippen molar-refractivity contribution in [1.82, 2.24) is 4.90 Å². The van der Waals surface area contributed by atoms with Crippen LogP contribution in [-0.2, 0) is 11.2 Å². The van der Waals surface area contributed by atoms with E-state index < -0.39 is 0 Å². The van der Waals surface area contributed by atoms with Crippen molar-refractivity contribution in [1.29, 1.82) is 0 Å². The molecule has 2 aromatic rings. The molecule has 0 N–H and O–H groups in total. The van der Waals surface area contributed by atoms with Crippen molar-refractivity contribution >= 4 is 40.3 Å². The number of thioether (sulfide) groups is 1. The average molecular weight is 456 g/mol. The van der Waals surface area contributed by atoms with Crippen LogP contribution in [0.3, 0.4) is 0 Å². The first-order valence-corrected chi connectivity index (χ1v) is 11.2. The number of carbonyl (C=O) groups excluding carboxylic acids is 1. The monoisotopic (exact) mass is 455 g/mol.